The molecular formula is C16H26FN3OS. The molecule has 1 unspecified atom stereocenters. The van der Waals surface area contributed by atoms with E-state index in [0.717, 1.165) is 5.56 Å². The Morgan fingerprint density at radius 2 is 2.00 bits per heavy atom. The second-order valence-electron chi connectivity index (χ2n) is 6.10. The Morgan fingerprint density at radius 1 is 1.32 bits per heavy atom. The van der Waals surface area contributed by atoms with Crippen LogP contribution in [0.1, 0.15) is 31.9 Å². The number of nitrogens with zero attached hydrogens (tertiary/aromatic N) is 1. The zero-order valence-electron chi connectivity index (χ0n) is 14.0. The highest BCUT2D eigenvalue weighted by atomic mass is 32.2. The van der Waals surface area contributed by atoms with E-state index in [1.54, 1.807) is 20.0 Å². The van der Waals surface area contributed by atoms with Gasteiger partial charge in [0, 0.05) is 41.4 Å². The van der Waals surface area contributed by atoms with Crippen LogP contribution in [0.4, 0.5) is 4.39 Å². The maximum atomic E-state index is 13.2. The van der Waals surface area contributed by atoms with Gasteiger partial charge in [-0.2, -0.15) is 0 Å². The van der Waals surface area contributed by atoms with Gasteiger partial charge in [0.25, 0.3) is 0 Å². The molecule has 0 saturated carbocycles. The third kappa shape index (κ3) is 6.13. The van der Waals surface area contributed by atoms with E-state index in [1.807, 2.05) is 26.8 Å². The number of halogens is 1. The van der Waals surface area contributed by atoms with E-state index in [0.29, 0.717) is 30.4 Å². The minimum Gasteiger partial charge on any atom is -0.355 e. The summed E-state index contributed by atoms with van der Waals surface area (Å²) in [5.41, 5.74) is 1.61. The average molecular weight is 327 g/mol. The van der Waals surface area contributed by atoms with Gasteiger partial charge in [-0.3, -0.25) is 9.20 Å². The molecule has 0 aromatic heterocycles. The summed E-state index contributed by atoms with van der Waals surface area (Å²) in [6, 6.07) is 5.02. The lowest BCUT2D eigenvalue weighted by Crippen LogP contribution is -2.40. The smallest absolute Gasteiger partial charge is 0.191 e. The van der Waals surface area contributed by atoms with Gasteiger partial charge in [-0.25, -0.2) is 4.39 Å². The predicted octanol–water partition coefficient (Wildman–Crippen LogP) is 2.35. The zero-order chi connectivity index (χ0) is 16.8. The summed E-state index contributed by atoms with van der Waals surface area (Å²) in [5.74, 6) is 1.02. The molecule has 0 fully saturated rings. The van der Waals surface area contributed by atoms with Crippen molar-refractivity contribution in [3.05, 3.63) is 35.1 Å². The number of nitrogens with one attached hydrogen (secondary N) is 2. The number of aliphatic imine (C=N–C) groups is 1. The Labute approximate surface area is 135 Å². The summed E-state index contributed by atoms with van der Waals surface area (Å²) in [4.78, 5) is 4.12. The van der Waals surface area contributed by atoms with Crippen LogP contribution in [-0.4, -0.2) is 34.3 Å². The summed E-state index contributed by atoms with van der Waals surface area (Å²) in [5, 5.41) is 6.30. The Balaban J connectivity index is 2.43. The van der Waals surface area contributed by atoms with Crippen LogP contribution >= 0.6 is 0 Å². The first kappa shape index (κ1) is 18.6. The van der Waals surface area contributed by atoms with Crippen molar-refractivity contribution in [1.29, 1.82) is 0 Å². The highest BCUT2D eigenvalue weighted by Gasteiger charge is 2.18. The normalized spacial score (nSPS) is 13.8. The van der Waals surface area contributed by atoms with Crippen molar-refractivity contribution in [3.63, 3.8) is 0 Å². The molecule has 0 aliphatic carbocycles. The van der Waals surface area contributed by atoms with Gasteiger partial charge in [0.1, 0.15) is 5.82 Å². The van der Waals surface area contributed by atoms with E-state index < -0.39 is 10.8 Å². The molecule has 124 valence electrons. The summed E-state index contributed by atoms with van der Waals surface area (Å²) in [6.45, 7) is 8.79. The second kappa shape index (κ2) is 8.27. The Morgan fingerprint density at radius 3 is 2.55 bits per heavy atom. The third-order valence-corrected chi connectivity index (χ3v) is 5.11. The predicted molar refractivity (Wildman–Crippen MR) is 92.1 cm³/mol. The number of aryl methyl sites for hydroxylation is 1. The first-order valence-electron chi connectivity index (χ1n) is 7.32. The number of hydrogen-bond acceptors (Lipinski definition) is 2. The minimum atomic E-state index is -0.888. The molecule has 6 heteroatoms. The lowest BCUT2D eigenvalue weighted by atomic mass is 10.1. The molecule has 1 atom stereocenters. The maximum absolute atomic E-state index is 13.2. The monoisotopic (exact) mass is 327 g/mol. The SMILES string of the molecule is CN=C(NCCS(=O)C(C)(C)C)NCc1ccc(F)c(C)c1. The number of hydrogen-bond donors (Lipinski definition) is 2. The van der Waals surface area contributed by atoms with Crippen LogP contribution in [0.2, 0.25) is 0 Å². The third-order valence-electron chi connectivity index (χ3n) is 3.17. The fourth-order valence-electron chi connectivity index (χ4n) is 1.79. The second-order valence-corrected chi connectivity index (χ2v) is 8.42. The van der Waals surface area contributed by atoms with E-state index >= 15 is 0 Å². The molecule has 22 heavy (non-hydrogen) atoms. The van der Waals surface area contributed by atoms with Crippen LogP contribution in [0.3, 0.4) is 0 Å². The lowest BCUT2D eigenvalue weighted by Gasteiger charge is -2.18. The van der Waals surface area contributed by atoms with Gasteiger partial charge in [0.05, 0.1) is 0 Å². The van der Waals surface area contributed by atoms with Crippen LogP contribution < -0.4 is 10.6 Å². The largest absolute Gasteiger partial charge is 0.355 e. The Kier molecular flexibility index (Phi) is 7.00. The molecular weight excluding hydrogens is 301 g/mol. The van der Waals surface area contributed by atoms with E-state index in [4.69, 9.17) is 0 Å². The van der Waals surface area contributed by atoms with Crippen molar-refractivity contribution < 1.29 is 8.60 Å². The molecule has 0 saturated heterocycles. The summed E-state index contributed by atoms with van der Waals surface area (Å²) < 4.78 is 25.0. The van der Waals surface area contributed by atoms with Crippen molar-refractivity contribution in [2.75, 3.05) is 19.3 Å². The Bertz CT molecular complexity index is 553. The molecule has 0 radical (unpaired) electrons. The molecule has 0 aliphatic rings. The van der Waals surface area contributed by atoms with Crippen LogP contribution in [0, 0.1) is 12.7 Å². The molecule has 1 aromatic carbocycles. The summed E-state index contributed by atoms with van der Waals surface area (Å²) >= 11 is 0. The first-order chi connectivity index (χ1) is 10.2. The molecule has 0 heterocycles. The van der Waals surface area contributed by atoms with Crippen molar-refractivity contribution in [2.45, 2.75) is 39.0 Å². The highest BCUT2D eigenvalue weighted by Crippen LogP contribution is 2.10. The fraction of sp³-hybridized carbons (Fsp3) is 0.562. The highest BCUT2D eigenvalue weighted by molar-refractivity contribution is 7.86. The number of benzene rings is 1. The molecule has 2 N–H and O–H groups in total. The first-order valence-corrected chi connectivity index (χ1v) is 8.64. The molecule has 0 bridgehead atoms. The summed E-state index contributed by atoms with van der Waals surface area (Å²) in [6.07, 6.45) is 0. The molecule has 4 nitrogen and oxygen atoms in total. The standard InChI is InChI=1S/C16H26FN3OS/c1-12-10-13(6-7-14(12)17)11-20-15(18-5)19-8-9-22(21)16(2,3)4/h6-7,10H,8-9,11H2,1-5H3,(H2,18,19,20). The minimum absolute atomic E-state index is 0.198. The maximum Gasteiger partial charge on any atom is 0.191 e. The molecule has 1 aromatic rings. The van der Waals surface area contributed by atoms with Crippen molar-refractivity contribution in [1.82, 2.24) is 10.6 Å². The number of rotatable bonds is 5. The van der Waals surface area contributed by atoms with Crippen LogP contribution in [0.15, 0.2) is 23.2 Å². The van der Waals surface area contributed by atoms with Crippen LogP contribution in [0.5, 0.6) is 0 Å². The number of guanidine groups is 1. The van der Waals surface area contributed by atoms with E-state index in [-0.39, 0.29) is 10.6 Å². The van der Waals surface area contributed by atoms with Gasteiger partial charge < -0.3 is 10.6 Å². The molecule has 0 spiro atoms. The van der Waals surface area contributed by atoms with Gasteiger partial charge in [-0.15, -0.1) is 0 Å². The quantitative estimate of drug-likeness (QED) is 0.645. The molecule has 0 aliphatic heterocycles. The summed E-state index contributed by atoms with van der Waals surface area (Å²) in [7, 11) is 0.798. The molecule has 0 amide bonds. The topological polar surface area (TPSA) is 53.5 Å². The van der Waals surface area contributed by atoms with Gasteiger partial charge in [0.2, 0.25) is 0 Å². The lowest BCUT2D eigenvalue weighted by molar-refractivity contribution is 0.617. The van der Waals surface area contributed by atoms with Gasteiger partial charge in [-0.1, -0.05) is 12.1 Å². The van der Waals surface area contributed by atoms with Gasteiger partial charge in [-0.05, 0) is 44.9 Å². The zero-order valence-corrected chi connectivity index (χ0v) is 14.8. The van der Waals surface area contributed by atoms with Gasteiger partial charge >= 0.3 is 0 Å². The van der Waals surface area contributed by atoms with E-state index in [1.165, 1.54) is 6.07 Å². The van der Waals surface area contributed by atoms with Crippen molar-refractivity contribution in [2.24, 2.45) is 4.99 Å². The molecule has 1 rings (SSSR count). The average Bonchev–Trinajstić information content (AvgIpc) is 2.44. The Hall–Kier alpha value is -1.43. The van der Waals surface area contributed by atoms with Crippen LogP contribution in [0.25, 0.3) is 0 Å². The van der Waals surface area contributed by atoms with Crippen LogP contribution in [-0.2, 0) is 17.3 Å². The van der Waals surface area contributed by atoms with Gasteiger partial charge in [0.15, 0.2) is 5.96 Å². The van der Waals surface area contributed by atoms with E-state index in [9.17, 15) is 8.60 Å². The van der Waals surface area contributed by atoms with Crippen molar-refractivity contribution in [3.8, 4) is 0 Å². The van der Waals surface area contributed by atoms with Crippen molar-refractivity contribution >= 4 is 16.8 Å². The van der Waals surface area contributed by atoms with E-state index in [2.05, 4.69) is 15.6 Å². The fourth-order valence-corrected chi connectivity index (χ4v) is 2.69.